The highest BCUT2D eigenvalue weighted by Crippen LogP contribution is 2.20. The fourth-order valence-electron chi connectivity index (χ4n) is 2.03. The Morgan fingerprint density at radius 1 is 1.15 bits per heavy atom. The maximum atomic E-state index is 13.5. The molecule has 0 amide bonds. The highest BCUT2D eigenvalue weighted by Gasteiger charge is 2.08. The largest absolute Gasteiger partial charge is 0.376 e. The first-order valence-corrected chi connectivity index (χ1v) is 6.33. The monoisotopic (exact) mass is 270 g/mol. The third-order valence-corrected chi connectivity index (χ3v) is 3.26. The van der Waals surface area contributed by atoms with E-state index in [1.807, 2.05) is 31.1 Å². The van der Waals surface area contributed by atoms with Crippen LogP contribution >= 0.6 is 0 Å². The molecule has 5 heteroatoms. The van der Waals surface area contributed by atoms with Crippen molar-refractivity contribution in [3.63, 3.8) is 0 Å². The smallest absolute Gasteiger partial charge is 0.142 e. The molecule has 0 aromatic carbocycles. The number of nitrogens with zero attached hydrogens (tertiary/aromatic N) is 4. The molecule has 0 spiro atoms. The van der Waals surface area contributed by atoms with Gasteiger partial charge in [-0.25, -0.2) is 9.37 Å². The van der Waals surface area contributed by atoms with E-state index in [1.165, 1.54) is 6.20 Å². The molecule has 3 rings (SSSR count). The lowest BCUT2D eigenvalue weighted by Crippen LogP contribution is -2.08. The number of imidazole rings is 1. The SMILES string of the molecule is Cc1cc2nc(-c3ccc(N(C)C)cn3)cn2cc1F. The zero-order valence-corrected chi connectivity index (χ0v) is 11.6. The summed E-state index contributed by atoms with van der Waals surface area (Å²) < 4.78 is 15.2. The predicted molar refractivity (Wildman–Crippen MR) is 77.4 cm³/mol. The quantitative estimate of drug-likeness (QED) is 0.718. The van der Waals surface area contributed by atoms with Crippen LogP contribution in [0.15, 0.2) is 36.8 Å². The van der Waals surface area contributed by atoms with Gasteiger partial charge in [0.05, 0.1) is 17.6 Å². The van der Waals surface area contributed by atoms with Crippen LogP contribution < -0.4 is 4.90 Å². The predicted octanol–water partition coefficient (Wildman–Crippen LogP) is 2.91. The normalized spacial score (nSPS) is 11.0. The van der Waals surface area contributed by atoms with E-state index in [4.69, 9.17) is 0 Å². The highest BCUT2D eigenvalue weighted by molar-refractivity contribution is 5.61. The van der Waals surface area contributed by atoms with Crippen molar-refractivity contribution in [2.24, 2.45) is 0 Å². The number of hydrogen-bond acceptors (Lipinski definition) is 3. The third kappa shape index (κ3) is 2.11. The van der Waals surface area contributed by atoms with Gasteiger partial charge in [0, 0.05) is 26.5 Å². The van der Waals surface area contributed by atoms with Crippen LogP contribution in [-0.4, -0.2) is 28.5 Å². The Hall–Kier alpha value is -2.43. The van der Waals surface area contributed by atoms with Crippen molar-refractivity contribution in [3.8, 4) is 11.4 Å². The van der Waals surface area contributed by atoms with E-state index in [0.29, 0.717) is 5.56 Å². The lowest BCUT2D eigenvalue weighted by atomic mass is 10.3. The van der Waals surface area contributed by atoms with E-state index in [2.05, 4.69) is 9.97 Å². The number of rotatable bonds is 2. The number of hydrogen-bond donors (Lipinski definition) is 0. The van der Waals surface area contributed by atoms with Crippen LogP contribution in [0.4, 0.5) is 10.1 Å². The fourth-order valence-corrected chi connectivity index (χ4v) is 2.03. The molecule has 0 fully saturated rings. The molecule has 4 nitrogen and oxygen atoms in total. The van der Waals surface area contributed by atoms with Crippen molar-refractivity contribution >= 4 is 11.3 Å². The summed E-state index contributed by atoms with van der Waals surface area (Å²) in [6.07, 6.45) is 5.02. The second-order valence-electron chi connectivity index (χ2n) is 4.99. The summed E-state index contributed by atoms with van der Waals surface area (Å²) in [6.45, 7) is 1.73. The second kappa shape index (κ2) is 4.59. The van der Waals surface area contributed by atoms with E-state index in [0.717, 1.165) is 22.7 Å². The molecule has 3 aromatic heterocycles. The van der Waals surface area contributed by atoms with Crippen molar-refractivity contribution in [1.29, 1.82) is 0 Å². The van der Waals surface area contributed by atoms with E-state index in [1.54, 1.807) is 29.8 Å². The summed E-state index contributed by atoms with van der Waals surface area (Å²) in [6, 6.07) is 5.63. The summed E-state index contributed by atoms with van der Waals surface area (Å²) in [4.78, 5) is 10.9. The van der Waals surface area contributed by atoms with Gasteiger partial charge in [0.2, 0.25) is 0 Å². The van der Waals surface area contributed by atoms with Crippen LogP contribution in [0.2, 0.25) is 0 Å². The summed E-state index contributed by atoms with van der Waals surface area (Å²) >= 11 is 0. The average Bonchev–Trinajstić information content (AvgIpc) is 2.82. The third-order valence-electron chi connectivity index (χ3n) is 3.26. The minimum Gasteiger partial charge on any atom is -0.376 e. The number of anilines is 1. The molecule has 3 heterocycles. The second-order valence-corrected chi connectivity index (χ2v) is 4.99. The van der Waals surface area contributed by atoms with E-state index < -0.39 is 0 Å². The van der Waals surface area contributed by atoms with Gasteiger partial charge in [-0.3, -0.25) is 4.98 Å². The van der Waals surface area contributed by atoms with Crippen molar-refractivity contribution in [1.82, 2.24) is 14.4 Å². The standard InChI is InChI=1S/C15H15FN4/c1-10-6-15-18-14(9-20(15)8-12(10)16)13-5-4-11(7-17-13)19(2)3/h4-9H,1-3H3. The first-order valence-electron chi connectivity index (χ1n) is 6.33. The number of pyridine rings is 2. The van der Waals surface area contributed by atoms with Gasteiger partial charge in [-0.1, -0.05) is 0 Å². The molecular weight excluding hydrogens is 255 g/mol. The lowest BCUT2D eigenvalue weighted by molar-refractivity contribution is 0.610. The molecule has 102 valence electrons. The van der Waals surface area contributed by atoms with E-state index >= 15 is 0 Å². The summed E-state index contributed by atoms with van der Waals surface area (Å²) in [5.74, 6) is -0.239. The molecule has 0 saturated carbocycles. The topological polar surface area (TPSA) is 33.4 Å². The Labute approximate surface area is 116 Å². The molecule has 0 radical (unpaired) electrons. The Kier molecular flexibility index (Phi) is 2.89. The molecule has 0 bridgehead atoms. The summed E-state index contributed by atoms with van der Waals surface area (Å²) in [5.41, 5.74) is 3.85. The van der Waals surface area contributed by atoms with Gasteiger partial charge in [-0.15, -0.1) is 0 Å². The molecule has 0 atom stereocenters. The van der Waals surface area contributed by atoms with Crippen LogP contribution in [0.25, 0.3) is 17.0 Å². The van der Waals surface area contributed by atoms with Crippen LogP contribution in [0.3, 0.4) is 0 Å². The van der Waals surface area contributed by atoms with Crippen molar-refractivity contribution in [2.45, 2.75) is 6.92 Å². The maximum absolute atomic E-state index is 13.5. The van der Waals surface area contributed by atoms with Gasteiger partial charge in [0.15, 0.2) is 0 Å². The van der Waals surface area contributed by atoms with Crippen molar-refractivity contribution < 1.29 is 4.39 Å². The Bertz CT molecular complexity index is 720. The average molecular weight is 270 g/mol. The molecular formula is C15H15FN4. The van der Waals surface area contributed by atoms with E-state index in [9.17, 15) is 4.39 Å². The Morgan fingerprint density at radius 3 is 2.60 bits per heavy atom. The first kappa shape index (κ1) is 12.6. The lowest BCUT2D eigenvalue weighted by Gasteiger charge is -2.11. The van der Waals surface area contributed by atoms with Gasteiger partial charge < -0.3 is 9.30 Å². The first-order chi connectivity index (χ1) is 9.54. The van der Waals surface area contributed by atoms with Crippen molar-refractivity contribution in [3.05, 3.63) is 48.2 Å². The maximum Gasteiger partial charge on any atom is 0.142 e. The fraction of sp³-hybridized carbons (Fsp3) is 0.200. The number of fused-ring (bicyclic) bond motifs is 1. The molecule has 0 aliphatic rings. The molecule has 0 aliphatic carbocycles. The van der Waals surface area contributed by atoms with Crippen LogP contribution in [0, 0.1) is 12.7 Å². The molecule has 0 aliphatic heterocycles. The highest BCUT2D eigenvalue weighted by atomic mass is 19.1. The van der Waals surface area contributed by atoms with Gasteiger partial charge in [0.1, 0.15) is 17.2 Å². The number of halogens is 1. The van der Waals surface area contributed by atoms with Crippen LogP contribution in [0.5, 0.6) is 0 Å². The van der Waals surface area contributed by atoms with Gasteiger partial charge >= 0.3 is 0 Å². The zero-order valence-electron chi connectivity index (χ0n) is 11.6. The Balaban J connectivity index is 2.05. The number of aryl methyl sites for hydroxylation is 1. The van der Waals surface area contributed by atoms with Gasteiger partial charge in [0.25, 0.3) is 0 Å². The van der Waals surface area contributed by atoms with Crippen LogP contribution in [-0.2, 0) is 0 Å². The number of aromatic nitrogens is 3. The van der Waals surface area contributed by atoms with Gasteiger partial charge in [-0.2, -0.15) is 0 Å². The van der Waals surface area contributed by atoms with Crippen molar-refractivity contribution in [2.75, 3.05) is 19.0 Å². The zero-order chi connectivity index (χ0) is 14.3. The molecule has 20 heavy (non-hydrogen) atoms. The Morgan fingerprint density at radius 2 is 1.95 bits per heavy atom. The minimum absolute atomic E-state index is 0.239. The molecule has 0 unspecified atom stereocenters. The molecule has 3 aromatic rings. The van der Waals surface area contributed by atoms with E-state index in [-0.39, 0.29) is 5.82 Å². The van der Waals surface area contributed by atoms with Crippen LogP contribution in [0.1, 0.15) is 5.56 Å². The molecule has 0 saturated heterocycles. The molecule has 0 N–H and O–H groups in total. The summed E-state index contributed by atoms with van der Waals surface area (Å²) in [5, 5.41) is 0. The minimum atomic E-state index is -0.239. The summed E-state index contributed by atoms with van der Waals surface area (Å²) in [7, 11) is 3.93. The van der Waals surface area contributed by atoms with Gasteiger partial charge in [-0.05, 0) is 30.7 Å².